The predicted molar refractivity (Wildman–Crippen MR) is 76.5 cm³/mol. The third-order valence-corrected chi connectivity index (χ3v) is 3.73. The van der Waals surface area contributed by atoms with E-state index in [4.69, 9.17) is 18.5 Å². The number of hydrogen-bond acceptors (Lipinski definition) is 9. The molecule has 0 spiro atoms. The van der Waals surface area contributed by atoms with Crippen LogP contribution < -0.4 is 0 Å². The zero-order chi connectivity index (χ0) is 17.9. The van der Waals surface area contributed by atoms with Gasteiger partial charge in [-0.2, -0.15) is 0 Å². The summed E-state index contributed by atoms with van der Waals surface area (Å²) in [6.45, 7) is -0.441. The molecule has 0 aliphatic heterocycles. The van der Waals surface area contributed by atoms with Crippen molar-refractivity contribution >= 4 is 19.8 Å². The normalized spacial score (nSPS) is 15.0. The van der Waals surface area contributed by atoms with Crippen molar-refractivity contribution in [2.45, 2.75) is 12.5 Å². The van der Waals surface area contributed by atoms with E-state index in [0.717, 1.165) is 14.2 Å². The topological polar surface area (TPSA) is 127 Å². The summed E-state index contributed by atoms with van der Waals surface area (Å²) >= 11 is 0. The van der Waals surface area contributed by atoms with Gasteiger partial charge in [0.1, 0.15) is 6.10 Å². The monoisotopic (exact) mass is 358 g/mol. The number of methoxy groups -OCH3 is 4. The average molecular weight is 358 g/mol. The molecule has 11 heteroatoms. The Morgan fingerprint density at radius 1 is 1.00 bits per heavy atom. The number of phosphoric ester groups is 1. The van der Waals surface area contributed by atoms with Crippen LogP contribution in [0.15, 0.2) is 0 Å². The van der Waals surface area contributed by atoms with E-state index in [2.05, 4.69) is 9.47 Å². The second-order valence-corrected chi connectivity index (χ2v) is 5.75. The molecule has 0 saturated carbocycles. The second kappa shape index (κ2) is 11.5. The maximum Gasteiger partial charge on any atom is 0.472 e. The van der Waals surface area contributed by atoms with Crippen molar-refractivity contribution in [1.29, 1.82) is 0 Å². The fourth-order valence-electron chi connectivity index (χ4n) is 1.49. The van der Waals surface area contributed by atoms with Gasteiger partial charge in [0, 0.05) is 14.2 Å². The van der Waals surface area contributed by atoms with E-state index in [0.29, 0.717) is 0 Å². The van der Waals surface area contributed by atoms with E-state index < -0.39 is 31.8 Å². The predicted octanol–water partition coefficient (Wildman–Crippen LogP) is 0.134. The Kier molecular flexibility index (Phi) is 11.0. The molecule has 0 aromatic heterocycles. The van der Waals surface area contributed by atoms with Gasteiger partial charge in [-0.15, -0.1) is 0 Å². The molecular formula is C12H23O10P. The molecule has 2 atom stereocenters. The van der Waals surface area contributed by atoms with Crippen molar-refractivity contribution in [2.24, 2.45) is 5.92 Å². The van der Waals surface area contributed by atoms with Gasteiger partial charge in [0.05, 0.1) is 34.0 Å². The molecule has 0 rings (SSSR count). The van der Waals surface area contributed by atoms with Gasteiger partial charge in [-0.25, -0.2) is 4.57 Å². The lowest BCUT2D eigenvalue weighted by atomic mass is 10.1. The molecule has 0 heterocycles. The molecule has 10 nitrogen and oxygen atoms in total. The highest BCUT2D eigenvalue weighted by Gasteiger charge is 2.30. The van der Waals surface area contributed by atoms with Gasteiger partial charge < -0.3 is 23.8 Å². The summed E-state index contributed by atoms with van der Waals surface area (Å²) in [5, 5.41) is 0. The smallest absolute Gasteiger partial charge is 0.468 e. The molecule has 0 aromatic rings. The SMILES string of the molecule is COCC(COP(=O)(O)OCCC(C(=O)OC)C(=O)OC)OC. The van der Waals surface area contributed by atoms with E-state index in [1.165, 1.54) is 14.2 Å². The molecule has 0 fully saturated rings. The Balaban J connectivity index is 4.37. The average Bonchev–Trinajstić information content (AvgIpc) is 2.54. The Labute approximate surface area is 134 Å². The summed E-state index contributed by atoms with van der Waals surface area (Å²) in [6, 6.07) is 0. The number of esters is 2. The number of phosphoric acid groups is 1. The van der Waals surface area contributed by atoms with Gasteiger partial charge in [0.2, 0.25) is 0 Å². The summed E-state index contributed by atoms with van der Waals surface area (Å²) in [5.41, 5.74) is 0. The zero-order valence-electron chi connectivity index (χ0n) is 13.6. The molecule has 136 valence electrons. The van der Waals surface area contributed by atoms with Gasteiger partial charge in [0.15, 0.2) is 5.92 Å². The van der Waals surface area contributed by atoms with Crippen molar-refractivity contribution in [3.8, 4) is 0 Å². The molecule has 0 saturated heterocycles. The van der Waals surface area contributed by atoms with Gasteiger partial charge in [-0.3, -0.25) is 18.6 Å². The minimum atomic E-state index is -4.36. The van der Waals surface area contributed by atoms with Crippen molar-refractivity contribution in [1.82, 2.24) is 0 Å². The van der Waals surface area contributed by atoms with Crippen LogP contribution in [0.2, 0.25) is 0 Å². The Bertz CT molecular complexity index is 397. The summed E-state index contributed by atoms with van der Waals surface area (Å²) in [4.78, 5) is 32.4. The maximum atomic E-state index is 11.7. The van der Waals surface area contributed by atoms with Crippen LogP contribution in [-0.4, -0.2) is 71.2 Å². The maximum absolute atomic E-state index is 11.7. The molecule has 2 unspecified atom stereocenters. The van der Waals surface area contributed by atoms with E-state index in [9.17, 15) is 19.0 Å². The first-order valence-electron chi connectivity index (χ1n) is 6.60. The quantitative estimate of drug-likeness (QED) is 0.292. The van der Waals surface area contributed by atoms with Crippen LogP contribution in [0.3, 0.4) is 0 Å². The van der Waals surface area contributed by atoms with E-state index >= 15 is 0 Å². The molecule has 0 radical (unpaired) electrons. The molecule has 0 amide bonds. The molecule has 1 N–H and O–H groups in total. The van der Waals surface area contributed by atoms with E-state index in [1.807, 2.05) is 0 Å². The molecule has 0 aliphatic rings. The minimum absolute atomic E-state index is 0.170. The van der Waals surface area contributed by atoms with E-state index in [-0.39, 0.29) is 26.2 Å². The van der Waals surface area contributed by atoms with Crippen LogP contribution in [0, 0.1) is 5.92 Å². The van der Waals surface area contributed by atoms with Gasteiger partial charge in [0.25, 0.3) is 0 Å². The van der Waals surface area contributed by atoms with Gasteiger partial charge >= 0.3 is 19.8 Å². The summed E-state index contributed by atoms with van der Waals surface area (Å²) in [5.74, 6) is -2.90. The third-order valence-electron chi connectivity index (χ3n) is 2.74. The fraction of sp³-hybridized carbons (Fsp3) is 0.833. The Morgan fingerprint density at radius 3 is 2.00 bits per heavy atom. The third kappa shape index (κ3) is 8.99. The lowest BCUT2D eigenvalue weighted by molar-refractivity contribution is -0.159. The van der Waals surface area contributed by atoms with Gasteiger partial charge in [-0.05, 0) is 6.42 Å². The minimum Gasteiger partial charge on any atom is -0.468 e. The van der Waals surface area contributed by atoms with Crippen molar-refractivity contribution in [3.05, 3.63) is 0 Å². The first-order chi connectivity index (χ1) is 10.8. The first kappa shape index (κ1) is 22.0. The second-order valence-electron chi connectivity index (χ2n) is 4.30. The van der Waals surface area contributed by atoms with Crippen molar-refractivity contribution in [2.75, 3.05) is 48.3 Å². The zero-order valence-corrected chi connectivity index (χ0v) is 14.4. The fourth-order valence-corrected chi connectivity index (χ4v) is 2.25. The highest BCUT2D eigenvalue weighted by atomic mass is 31.2. The van der Waals surface area contributed by atoms with Crippen LogP contribution >= 0.6 is 7.82 Å². The molecule has 0 bridgehead atoms. The van der Waals surface area contributed by atoms with E-state index in [1.54, 1.807) is 0 Å². The van der Waals surface area contributed by atoms with Crippen LogP contribution in [0.25, 0.3) is 0 Å². The molecular weight excluding hydrogens is 335 g/mol. The Morgan fingerprint density at radius 2 is 1.57 bits per heavy atom. The number of hydrogen-bond donors (Lipinski definition) is 1. The van der Waals surface area contributed by atoms with Crippen molar-refractivity contribution < 1.29 is 47.0 Å². The van der Waals surface area contributed by atoms with Crippen LogP contribution in [-0.2, 0) is 42.1 Å². The lowest BCUT2D eigenvalue weighted by Crippen LogP contribution is -2.27. The first-order valence-corrected chi connectivity index (χ1v) is 8.10. The lowest BCUT2D eigenvalue weighted by Gasteiger charge is -2.18. The molecule has 0 aliphatic carbocycles. The van der Waals surface area contributed by atoms with Crippen LogP contribution in [0.5, 0.6) is 0 Å². The largest absolute Gasteiger partial charge is 0.472 e. The highest BCUT2D eigenvalue weighted by Crippen LogP contribution is 2.43. The highest BCUT2D eigenvalue weighted by molar-refractivity contribution is 7.47. The van der Waals surface area contributed by atoms with Crippen LogP contribution in [0.1, 0.15) is 6.42 Å². The number of carbonyl (C=O) groups is 2. The number of rotatable bonds is 12. The van der Waals surface area contributed by atoms with Crippen molar-refractivity contribution in [3.63, 3.8) is 0 Å². The molecule has 0 aromatic carbocycles. The summed E-state index contributed by atoms with van der Waals surface area (Å²) < 4.78 is 39.8. The standard InChI is InChI=1S/C12H23O10P/c1-17-7-9(18-2)8-22-23(15,16)21-6-5-10(11(13)19-3)12(14)20-4/h9-10H,5-8H2,1-4H3,(H,15,16). The summed E-state index contributed by atoms with van der Waals surface area (Å²) in [7, 11) is 0.707. The molecule has 23 heavy (non-hydrogen) atoms. The summed E-state index contributed by atoms with van der Waals surface area (Å²) in [6.07, 6.45) is -0.735. The van der Waals surface area contributed by atoms with Gasteiger partial charge in [-0.1, -0.05) is 0 Å². The number of carbonyl (C=O) groups excluding carboxylic acids is 2. The Hall–Kier alpha value is -1.03. The number of ether oxygens (including phenoxy) is 4. The van der Waals surface area contributed by atoms with Crippen LogP contribution in [0.4, 0.5) is 0 Å².